The van der Waals surface area contributed by atoms with Gasteiger partial charge in [-0.2, -0.15) is 0 Å². The predicted molar refractivity (Wildman–Crippen MR) is 98.8 cm³/mol. The molecule has 9 nitrogen and oxygen atoms in total. The van der Waals surface area contributed by atoms with Crippen LogP contribution in [0.2, 0.25) is 0 Å². The fourth-order valence-corrected chi connectivity index (χ4v) is 2.84. The van der Waals surface area contributed by atoms with Crippen molar-refractivity contribution in [3.05, 3.63) is 58.5 Å². The molecule has 2 amide bonds. The summed E-state index contributed by atoms with van der Waals surface area (Å²) in [6.45, 7) is 1.85. The normalized spacial score (nSPS) is 15.7. The number of benzene rings is 1. The average molecular weight is 384 g/mol. The molecule has 1 aromatic carbocycles. The first-order valence-corrected chi connectivity index (χ1v) is 8.46. The first-order chi connectivity index (χ1) is 13.5. The number of carbonyl (C=O) groups is 2. The lowest BCUT2D eigenvalue weighted by atomic mass is 10.0. The quantitative estimate of drug-likeness (QED) is 0.467. The number of hydrogen-bond donors (Lipinski definition) is 1. The molecule has 0 radical (unpaired) electrons. The molecule has 1 saturated heterocycles. The molecule has 28 heavy (non-hydrogen) atoms. The van der Waals surface area contributed by atoms with Crippen molar-refractivity contribution in [2.24, 2.45) is 5.11 Å². The molecular weight excluding hydrogens is 367 g/mol. The monoisotopic (exact) mass is 384 g/mol. The zero-order chi connectivity index (χ0) is 20.1. The summed E-state index contributed by atoms with van der Waals surface area (Å²) in [7, 11) is 0. The van der Waals surface area contributed by atoms with Crippen molar-refractivity contribution in [3.8, 4) is 11.1 Å². The van der Waals surface area contributed by atoms with Crippen molar-refractivity contribution in [1.29, 1.82) is 0 Å². The number of anilines is 1. The molecule has 2 aromatic rings. The molecule has 3 rings (SSSR count). The number of amides is 2. The molecule has 1 atom stereocenters. The Hall–Kier alpha value is -3.65. The number of hydrogen-bond acceptors (Lipinski definition) is 5. The van der Waals surface area contributed by atoms with E-state index in [1.54, 1.807) is 24.3 Å². The Kier molecular flexibility index (Phi) is 5.71. The van der Waals surface area contributed by atoms with Crippen molar-refractivity contribution >= 4 is 17.7 Å². The van der Waals surface area contributed by atoms with Crippen LogP contribution in [0.1, 0.15) is 12.6 Å². The summed E-state index contributed by atoms with van der Waals surface area (Å²) in [4.78, 5) is 31.1. The molecule has 1 aliphatic heterocycles. The Morgan fingerprint density at radius 3 is 3.00 bits per heavy atom. The van der Waals surface area contributed by atoms with E-state index in [0.29, 0.717) is 22.5 Å². The zero-order valence-electron chi connectivity index (χ0n) is 15.0. The lowest BCUT2D eigenvalue weighted by Crippen LogP contribution is -2.33. The van der Waals surface area contributed by atoms with Gasteiger partial charge in [-0.25, -0.2) is 9.18 Å². The molecule has 10 heteroatoms. The maximum atomic E-state index is 14.7. The second kappa shape index (κ2) is 8.36. The Labute approximate surface area is 159 Å². The Bertz CT molecular complexity index is 960. The van der Waals surface area contributed by atoms with Crippen LogP contribution in [0.25, 0.3) is 21.6 Å². The van der Waals surface area contributed by atoms with E-state index >= 15 is 0 Å². The van der Waals surface area contributed by atoms with E-state index in [0.717, 1.165) is 0 Å². The molecule has 1 N–H and O–H groups in total. The van der Waals surface area contributed by atoms with Crippen molar-refractivity contribution in [2.45, 2.75) is 19.6 Å². The maximum Gasteiger partial charge on any atom is 0.414 e. The number of nitrogens with one attached hydrogen (secondary N) is 1. The van der Waals surface area contributed by atoms with E-state index in [1.165, 1.54) is 24.1 Å². The van der Waals surface area contributed by atoms with Gasteiger partial charge in [0, 0.05) is 29.3 Å². The van der Waals surface area contributed by atoms with E-state index in [2.05, 4.69) is 20.3 Å². The van der Waals surface area contributed by atoms with Crippen LogP contribution in [-0.2, 0) is 16.1 Å². The van der Waals surface area contributed by atoms with E-state index in [4.69, 9.17) is 10.3 Å². The molecular formula is C18H17FN6O3. The summed E-state index contributed by atoms with van der Waals surface area (Å²) in [6, 6.07) is 7.72. The smallest absolute Gasteiger partial charge is 0.414 e. The first kappa shape index (κ1) is 19.1. The summed E-state index contributed by atoms with van der Waals surface area (Å²) in [5, 5.41) is 6.04. The lowest BCUT2D eigenvalue weighted by Gasteiger charge is -2.14. The largest absolute Gasteiger partial charge is 0.442 e. The fraction of sp³-hybridized carbons (Fsp3) is 0.278. The minimum atomic E-state index is -0.594. The number of rotatable bonds is 6. The number of carbonyl (C=O) groups excluding carboxylic acids is 2. The molecule has 0 unspecified atom stereocenters. The maximum absolute atomic E-state index is 14.7. The van der Waals surface area contributed by atoms with Crippen LogP contribution >= 0.6 is 0 Å². The highest BCUT2D eigenvalue weighted by molar-refractivity contribution is 5.90. The van der Waals surface area contributed by atoms with Crippen LogP contribution in [0.5, 0.6) is 0 Å². The highest BCUT2D eigenvalue weighted by Gasteiger charge is 2.32. The van der Waals surface area contributed by atoms with E-state index in [1.807, 2.05) is 0 Å². The summed E-state index contributed by atoms with van der Waals surface area (Å²) >= 11 is 0. The highest BCUT2D eigenvalue weighted by Crippen LogP contribution is 2.29. The third kappa shape index (κ3) is 4.36. The van der Waals surface area contributed by atoms with Crippen molar-refractivity contribution in [3.63, 3.8) is 0 Å². The third-order valence-corrected chi connectivity index (χ3v) is 4.14. The number of ether oxygens (including phenoxy) is 1. The first-order valence-electron chi connectivity index (χ1n) is 8.46. The molecule has 0 aliphatic carbocycles. The minimum absolute atomic E-state index is 0.0688. The minimum Gasteiger partial charge on any atom is -0.442 e. The van der Waals surface area contributed by atoms with Crippen molar-refractivity contribution < 1.29 is 18.7 Å². The molecule has 1 aromatic heterocycles. The Balaban J connectivity index is 1.78. The number of pyridine rings is 1. The Morgan fingerprint density at radius 1 is 1.46 bits per heavy atom. The topological polar surface area (TPSA) is 120 Å². The number of nitrogens with zero attached hydrogens (tertiary/aromatic N) is 5. The molecule has 2 heterocycles. The van der Waals surface area contributed by atoms with Crippen molar-refractivity contribution in [1.82, 2.24) is 10.3 Å². The Morgan fingerprint density at radius 2 is 2.29 bits per heavy atom. The van der Waals surface area contributed by atoms with Crippen LogP contribution in [0, 0.1) is 5.82 Å². The number of halogens is 1. The van der Waals surface area contributed by atoms with E-state index < -0.39 is 18.0 Å². The van der Waals surface area contributed by atoms with Gasteiger partial charge in [0.15, 0.2) is 0 Å². The number of azide groups is 1. The summed E-state index contributed by atoms with van der Waals surface area (Å²) < 4.78 is 19.9. The van der Waals surface area contributed by atoms with Gasteiger partial charge < -0.3 is 10.1 Å². The fourth-order valence-electron chi connectivity index (χ4n) is 2.84. The SMILES string of the molecule is CC(=O)NC[C@H]1CN(c2ccc(-c3ccnc(CN=[N+]=[N-])c3)c(F)c2)C(=O)O1. The summed E-state index contributed by atoms with van der Waals surface area (Å²) in [6.07, 6.45) is 0.417. The van der Waals surface area contributed by atoms with Crippen molar-refractivity contribution in [2.75, 3.05) is 18.0 Å². The molecule has 0 bridgehead atoms. The van der Waals surface area contributed by atoms with Crippen LogP contribution < -0.4 is 10.2 Å². The standard InChI is InChI=1S/C18H17FN6O3/c1-11(26)22-9-15-10-25(18(27)28-15)14-2-3-16(17(19)7-14)12-4-5-21-13(6-12)8-23-24-20/h2-7,15H,8-10H2,1H3,(H,22,26)/t15-/m0/s1. The van der Waals surface area contributed by atoms with E-state index in [-0.39, 0.29) is 25.5 Å². The van der Waals surface area contributed by atoms with Crippen LogP contribution in [0.4, 0.5) is 14.9 Å². The highest BCUT2D eigenvalue weighted by atomic mass is 19.1. The van der Waals surface area contributed by atoms with Gasteiger partial charge in [-0.15, -0.1) is 0 Å². The van der Waals surface area contributed by atoms with Gasteiger partial charge in [-0.05, 0) is 41.4 Å². The van der Waals surface area contributed by atoms with Gasteiger partial charge in [-0.3, -0.25) is 14.7 Å². The zero-order valence-corrected chi connectivity index (χ0v) is 15.0. The van der Waals surface area contributed by atoms with Gasteiger partial charge in [-0.1, -0.05) is 5.11 Å². The van der Waals surface area contributed by atoms with Gasteiger partial charge in [0.2, 0.25) is 5.91 Å². The molecule has 0 saturated carbocycles. The predicted octanol–water partition coefficient (Wildman–Crippen LogP) is 3.16. The van der Waals surface area contributed by atoms with Crippen LogP contribution in [0.3, 0.4) is 0 Å². The number of aromatic nitrogens is 1. The second-order valence-corrected chi connectivity index (χ2v) is 6.14. The second-order valence-electron chi connectivity index (χ2n) is 6.14. The third-order valence-electron chi connectivity index (χ3n) is 4.14. The van der Waals surface area contributed by atoms with Crippen LogP contribution in [-0.4, -0.2) is 36.2 Å². The summed E-state index contributed by atoms with van der Waals surface area (Å²) in [5.41, 5.74) is 10.2. The van der Waals surface area contributed by atoms with Gasteiger partial charge in [0.25, 0.3) is 0 Å². The van der Waals surface area contributed by atoms with Crippen LogP contribution in [0.15, 0.2) is 41.6 Å². The van der Waals surface area contributed by atoms with Gasteiger partial charge >= 0.3 is 6.09 Å². The average Bonchev–Trinajstić information content (AvgIpc) is 3.05. The summed E-state index contributed by atoms with van der Waals surface area (Å²) in [5.74, 6) is -0.737. The lowest BCUT2D eigenvalue weighted by molar-refractivity contribution is -0.119. The molecule has 144 valence electrons. The van der Waals surface area contributed by atoms with Gasteiger partial charge in [0.05, 0.1) is 25.3 Å². The molecule has 1 fully saturated rings. The number of cyclic esters (lactones) is 1. The van der Waals surface area contributed by atoms with Gasteiger partial charge in [0.1, 0.15) is 11.9 Å². The molecule has 1 aliphatic rings. The van der Waals surface area contributed by atoms with E-state index in [9.17, 15) is 14.0 Å². The molecule has 0 spiro atoms.